The van der Waals surface area contributed by atoms with E-state index in [2.05, 4.69) is 0 Å². The van der Waals surface area contributed by atoms with Crippen LogP contribution in [0.3, 0.4) is 0 Å². The maximum atomic E-state index is 9.92. The Morgan fingerprint density at radius 2 is 1.73 bits per heavy atom. The van der Waals surface area contributed by atoms with E-state index < -0.39 is 43.4 Å². The Hall–Kier alpha value is -0.280. The molecule has 0 saturated carbocycles. The highest BCUT2D eigenvalue weighted by molar-refractivity contribution is 5.01. The second-order valence-electron chi connectivity index (χ2n) is 3.60. The van der Waals surface area contributed by atoms with E-state index in [1.165, 1.54) is 0 Å². The van der Waals surface area contributed by atoms with Crippen LogP contribution in [0.5, 0.6) is 0 Å². The number of ether oxygens (including phenoxy) is 1. The van der Waals surface area contributed by atoms with Crippen molar-refractivity contribution in [3.05, 3.63) is 0 Å². The van der Waals surface area contributed by atoms with Crippen LogP contribution in [0.2, 0.25) is 0 Å². The summed E-state index contributed by atoms with van der Waals surface area (Å²) >= 11 is 0. The Kier molecular flexibility index (Phi) is 4.01. The largest absolute Gasteiger partial charge is 0.396 e. The van der Waals surface area contributed by atoms with E-state index in [0.717, 1.165) is 0 Å². The third-order valence-electron chi connectivity index (χ3n) is 2.67. The van der Waals surface area contributed by atoms with Crippen LogP contribution in [-0.2, 0) is 4.74 Å². The second-order valence-corrected chi connectivity index (χ2v) is 3.60. The maximum Gasteiger partial charge on any atom is 0.184 e. The zero-order chi connectivity index (χ0) is 11.6. The Bertz CT molecular complexity index is 207. The van der Waals surface area contributed by atoms with Gasteiger partial charge in [0.2, 0.25) is 0 Å². The highest BCUT2D eigenvalue weighted by atomic mass is 16.6. The molecule has 1 aliphatic rings. The van der Waals surface area contributed by atoms with Crippen molar-refractivity contribution in [3.8, 4) is 0 Å². The van der Waals surface area contributed by atoms with Gasteiger partial charge in [-0.15, -0.1) is 0 Å². The quantitative estimate of drug-likeness (QED) is 0.293. The number of aliphatic hydroxyl groups is 6. The number of hydrogen-bond acceptors (Lipinski definition) is 7. The lowest BCUT2D eigenvalue weighted by atomic mass is 9.82. The first-order valence-electron chi connectivity index (χ1n) is 4.61. The third-order valence-corrected chi connectivity index (χ3v) is 2.67. The average Bonchev–Trinajstić information content (AvgIpc) is 2.21. The van der Waals surface area contributed by atoms with Crippen LogP contribution in [0, 0.1) is 0 Å². The van der Waals surface area contributed by atoms with Gasteiger partial charge in [-0.25, -0.2) is 0 Å². The molecule has 6 N–H and O–H groups in total. The molecule has 0 aromatic carbocycles. The van der Waals surface area contributed by atoms with E-state index in [-0.39, 0.29) is 6.42 Å². The van der Waals surface area contributed by atoms with E-state index in [0.29, 0.717) is 0 Å². The van der Waals surface area contributed by atoms with Gasteiger partial charge in [0.25, 0.3) is 0 Å². The summed E-state index contributed by atoms with van der Waals surface area (Å²) in [4.78, 5) is 0. The predicted octanol–water partition coefficient (Wildman–Crippen LogP) is -3.47. The summed E-state index contributed by atoms with van der Waals surface area (Å²) in [6, 6.07) is 0. The molecule has 0 bridgehead atoms. The van der Waals surface area contributed by atoms with Crippen LogP contribution in [0.4, 0.5) is 0 Å². The summed E-state index contributed by atoms with van der Waals surface area (Å²) in [7, 11) is 0. The average molecular weight is 224 g/mol. The molecular weight excluding hydrogens is 208 g/mol. The Morgan fingerprint density at radius 3 is 2.20 bits per heavy atom. The highest BCUT2D eigenvalue weighted by Gasteiger charge is 2.53. The maximum absolute atomic E-state index is 9.92. The molecule has 1 heterocycles. The molecular formula is C8H16O7. The molecule has 1 fully saturated rings. The van der Waals surface area contributed by atoms with Gasteiger partial charge in [-0.3, -0.25) is 0 Å². The lowest BCUT2D eigenvalue weighted by Gasteiger charge is -2.46. The zero-order valence-electron chi connectivity index (χ0n) is 8.02. The molecule has 0 aliphatic carbocycles. The number of rotatable bonds is 3. The van der Waals surface area contributed by atoms with E-state index in [4.69, 9.17) is 20.1 Å². The molecule has 1 saturated heterocycles. The molecule has 5 atom stereocenters. The monoisotopic (exact) mass is 224 g/mol. The Balaban J connectivity index is 2.88. The molecule has 1 rings (SSSR count). The first-order chi connectivity index (χ1) is 6.97. The lowest BCUT2D eigenvalue weighted by molar-refractivity contribution is -0.323. The number of hydrogen-bond donors (Lipinski definition) is 6. The van der Waals surface area contributed by atoms with E-state index in [1.807, 2.05) is 0 Å². The van der Waals surface area contributed by atoms with Crippen LogP contribution in [0.25, 0.3) is 0 Å². The van der Waals surface area contributed by atoms with Gasteiger partial charge in [-0.05, 0) is 0 Å². The lowest BCUT2D eigenvalue weighted by Crippen LogP contribution is -2.67. The molecule has 0 aromatic heterocycles. The zero-order valence-corrected chi connectivity index (χ0v) is 8.02. The Morgan fingerprint density at radius 1 is 1.13 bits per heavy atom. The standard InChI is InChI=1S/C8H16O7/c9-2-1-8(14)4(3-10)15-7(13)5(11)6(8)12/h4-7,9-14H,1-3H2/t4-,5-,6-,7-,8-/m1/s1. The fourth-order valence-electron chi connectivity index (χ4n) is 1.70. The highest BCUT2D eigenvalue weighted by Crippen LogP contribution is 2.31. The van der Waals surface area contributed by atoms with Crippen LogP contribution in [0.1, 0.15) is 6.42 Å². The molecule has 1 aliphatic heterocycles. The summed E-state index contributed by atoms with van der Waals surface area (Å²) in [5, 5.41) is 55.5. The summed E-state index contributed by atoms with van der Waals surface area (Å²) in [5.41, 5.74) is -1.97. The molecule has 0 unspecified atom stereocenters. The minimum Gasteiger partial charge on any atom is -0.396 e. The first kappa shape index (κ1) is 12.8. The van der Waals surface area contributed by atoms with Gasteiger partial charge in [0, 0.05) is 13.0 Å². The van der Waals surface area contributed by atoms with Gasteiger partial charge >= 0.3 is 0 Å². The minimum atomic E-state index is -1.97. The van der Waals surface area contributed by atoms with Gasteiger partial charge in [0.05, 0.1) is 6.61 Å². The summed E-state index contributed by atoms with van der Waals surface area (Å²) in [6.45, 7) is -1.09. The van der Waals surface area contributed by atoms with E-state index in [1.54, 1.807) is 0 Å². The van der Waals surface area contributed by atoms with Gasteiger partial charge in [-0.2, -0.15) is 0 Å². The summed E-state index contributed by atoms with van der Waals surface area (Å²) in [5.74, 6) is 0. The predicted molar refractivity (Wildman–Crippen MR) is 46.6 cm³/mol. The normalized spacial score (nSPS) is 46.8. The number of aliphatic hydroxyl groups excluding tert-OH is 5. The van der Waals surface area contributed by atoms with Crippen LogP contribution in [0.15, 0.2) is 0 Å². The molecule has 0 radical (unpaired) electrons. The fraction of sp³-hybridized carbons (Fsp3) is 1.00. The topological polar surface area (TPSA) is 131 Å². The van der Waals surface area contributed by atoms with Crippen molar-refractivity contribution in [2.75, 3.05) is 13.2 Å². The van der Waals surface area contributed by atoms with Crippen molar-refractivity contribution < 1.29 is 35.4 Å². The molecule has 0 amide bonds. The molecule has 0 spiro atoms. The van der Waals surface area contributed by atoms with Crippen molar-refractivity contribution in [3.63, 3.8) is 0 Å². The van der Waals surface area contributed by atoms with Crippen molar-refractivity contribution in [1.82, 2.24) is 0 Å². The van der Waals surface area contributed by atoms with Crippen LogP contribution in [-0.4, -0.2) is 74.1 Å². The minimum absolute atomic E-state index is 0.275. The van der Waals surface area contributed by atoms with Gasteiger partial charge in [0.1, 0.15) is 23.9 Å². The third kappa shape index (κ3) is 2.13. The molecule has 90 valence electrons. The fourth-order valence-corrected chi connectivity index (χ4v) is 1.70. The molecule has 0 aromatic rings. The molecule has 7 heteroatoms. The van der Waals surface area contributed by atoms with Crippen molar-refractivity contribution >= 4 is 0 Å². The molecule has 15 heavy (non-hydrogen) atoms. The van der Waals surface area contributed by atoms with E-state index in [9.17, 15) is 15.3 Å². The smallest absolute Gasteiger partial charge is 0.184 e. The van der Waals surface area contributed by atoms with Crippen molar-refractivity contribution in [1.29, 1.82) is 0 Å². The summed E-state index contributed by atoms with van der Waals surface area (Å²) in [6.07, 6.45) is -6.56. The van der Waals surface area contributed by atoms with Crippen LogP contribution >= 0.6 is 0 Å². The SMILES string of the molecule is OCC[C@]1(O)[C@H](O)[C@@H](O)[C@H](O)O[C@@H]1CO. The summed E-state index contributed by atoms with van der Waals surface area (Å²) < 4.78 is 4.72. The first-order valence-corrected chi connectivity index (χ1v) is 4.61. The molecule has 7 nitrogen and oxygen atoms in total. The van der Waals surface area contributed by atoms with Gasteiger partial charge in [-0.1, -0.05) is 0 Å². The second kappa shape index (κ2) is 4.71. The van der Waals surface area contributed by atoms with Gasteiger partial charge < -0.3 is 35.4 Å². The van der Waals surface area contributed by atoms with Crippen molar-refractivity contribution in [2.45, 2.75) is 36.6 Å². The van der Waals surface area contributed by atoms with Crippen LogP contribution < -0.4 is 0 Å². The van der Waals surface area contributed by atoms with Gasteiger partial charge in [0.15, 0.2) is 6.29 Å². The van der Waals surface area contributed by atoms with Crippen molar-refractivity contribution in [2.24, 2.45) is 0 Å². The van der Waals surface area contributed by atoms with E-state index >= 15 is 0 Å². The Labute approximate surface area is 86.2 Å².